The van der Waals surface area contributed by atoms with Gasteiger partial charge in [0.15, 0.2) is 0 Å². The lowest BCUT2D eigenvalue weighted by Crippen LogP contribution is -2.46. The Morgan fingerprint density at radius 2 is 1.90 bits per heavy atom. The second-order valence-corrected chi connectivity index (χ2v) is 5.34. The van der Waals surface area contributed by atoms with E-state index in [2.05, 4.69) is 0 Å². The molecule has 0 radical (unpaired) electrons. The number of para-hydroxylation sites is 1. The number of aromatic hydroxyl groups is 1. The van der Waals surface area contributed by atoms with Crippen LogP contribution in [-0.4, -0.2) is 29.5 Å². The molecule has 4 heteroatoms. The van der Waals surface area contributed by atoms with Crippen LogP contribution in [0.3, 0.4) is 0 Å². The molecule has 112 valence electrons. The highest BCUT2D eigenvalue weighted by Gasteiger charge is 2.37. The van der Waals surface area contributed by atoms with Gasteiger partial charge in [-0.2, -0.15) is 0 Å². The third-order valence-electron chi connectivity index (χ3n) is 4.49. The van der Waals surface area contributed by atoms with Crippen LogP contribution in [0.5, 0.6) is 5.75 Å². The molecule has 1 aromatic carbocycles. The monoisotopic (exact) mass is 278 g/mol. The van der Waals surface area contributed by atoms with Crippen LogP contribution in [0.1, 0.15) is 45.2 Å². The molecule has 0 spiro atoms. The molecule has 1 rings (SSSR count). The number of rotatable bonds is 6. The van der Waals surface area contributed by atoms with Gasteiger partial charge in [-0.25, -0.2) is 0 Å². The first-order valence-electron chi connectivity index (χ1n) is 7.18. The number of carbonyl (C=O) groups excluding carboxylic acids is 1. The van der Waals surface area contributed by atoms with Gasteiger partial charge in [0.2, 0.25) is 5.91 Å². The zero-order valence-corrected chi connectivity index (χ0v) is 12.9. The van der Waals surface area contributed by atoms with Crippen LogP contribution in [0.2, 0.25) is 0 Å². The molecule has 3 N–H and O–H groups in total. The molecule has 0 aliphatic heterocycles. The highest BCUT2D eigenvalue weighted by molar-refractivity contribution is 5.83. The van der Waals surface area contributed by atoms with Crippen molar-refractivity contribution >= 4 is 5.91 Å². The Kier molecular flexibility index (Phi) is 5.57. The number of amides is 1. The van der Waals surface area contributed by atoms with E-state index in [9.17, 15) is 9.90 Å². The molecular weight excluding hydrogens is 252 g/mol. The topological polar surface area (TPSA) is 66.6 Å². The molecule has 0 aliphatic carbocycles. The summed E-state index contributed by atoms with van der Waals surface area (Å²) in [6, 6.07) is 6.92. The molecule has 20 heavy (non-hydrogen) atoms. The summed E-state index contributed by atoms with van der Waals surface area (Å²) in [6.45, 7) is 6.25. The van der Waals surface area contributed by atoms with Crippen molar-refractivity contribution in [2.75, 3.05) is 13.6 Å². The van der Waals surface area contributed by atoms with E-state index in [-0.39, 0.29) is 17.7 Å². The van der Waals surface area contributed by atoms with Crippen LogP contribution in [0, 0.1) is 5.41 Å². The van der Waals surface area contributed by atoms with Gasteiger partial charge in [0, 0.05) is 19.2 Å². The van der Waals surface area contributed by atoms with Gasteiger partial charge in [-0.05, 0) is 25.8 Å². The molecule has 4 nitrogen and oxygen atoms in total. The molecule has 1 atom stereocenters. The summed E-state index contributed by atoms with van der Waals surface area (Å²) in [4.78, 5) is 14.4. The molecular formula is C16H26N2O2. The second-order valence-electron chi connectivity index (χ2n) is 5.34. The number of hydrogen-bond acceptors (Lipinski definition) is 3. The number of phenolic OH excluding ortho intramolecular Hbond substituents is 1. The largest absolute Gasteiger partial charge is 0.508 e. The van der Waals surface area contributed by atoms with Crippen molar-refractivity contribution in [3.63, 3.8) is 0 Å². The minimum Gasteiger partial charge on any atom is -0.508 e. The summed E-state index contributed by atoms with van der Waals surface area (Å²) in [7, 11) is 1.77. The molecule has 0 aliphatic rings. The van der Waals surface area contributed by atoms with Crippen LogP contribution in [-0.2, 0) is 4.79 Å². The van der Waals surface area contributed by atoms with E-state index in [0.29, 0.717) is 6.54 Å². The first-order chi connectivity index (χ1) is 9.43. The smallest absolute Gasteiger partial charge is 0.230 e. The summed E-state index contributed by atoms with van der Waals surface area (Å²) < 4.78 is 0. The summed E-state index contributed by atoms with van der Waals surface area (Å²) in [5, 5.41) is 9.92. The van der Waals surface area contributed by atoms with E-state index >= 15 is 0 Å². The minimum atomic E-state index is -0.507. The highest BCUT2D eigenvalue weighted by Crippen LogP contribution is 2.33. The maximum absolute atomic E-state index is 12.7. The fourth-order valence-corrected chi connectivity index (χ4v) is 2.53. The molecule has 0 saturated carbocycles. The zero-order chi connectivity index (χ0) is 15.3. The van der Waals surface area contributed by atoms with Crippen molar-refractivity contribution in [3.05, 3.63) is 29.8 Å². The second kappa shape index (κ2) is 6.75. The Morgan fingerprint density at radius 1 is 1.35 bits per heavy atom. The van der Waals surface area contributed by atoms with Gasteiger partial charge in [0.25, 0.3) is 0 Å². The van der Waals surface area contributed by atoms with Crippen molar-refractivity contribution in [3.8, 4) is 5.75 Å². The summed E-state index contributed by atoms with van der Waals surface area (Å²) >= 11 is 0. The number of hydrogen-bond donors (Lipinski definition) is 2. The van der Waals surface area contributed by atoms with Gasteiger partial charge >= 0.3 is 0 Å². The number of benzene rings is 1. The highest BCUT2D eigenvalue weighted by atomic mass is 16.3. The third kappa shape index (κ3) is 2.96. The minimum absolute atomic E-state index is 0.0424. The van der Waals surface area contributed by atoms with E-state index in [4.69, 9.17) is 5.73 Å². The fourth-order valence-electron chi connectivity index (χ4n) is 2.53. The van der Waals surface area contributed by atoms with Gasteiger partial charge < -0.3 is 15.7 Å². The molecule has 0 aromatic heterocycles. The maximum atomic E-state index is 12.7. The van der Waals surface area contributed by atoms with Gasteiger partial charge in [0.05, 0.1) is 11.5 Å². The van der Waals surface area contributed by atoms with Crippen molar-refractivity contribution < 1.29 is 9.90 Å². The Morgan fingerprint density at radius 3 is 2.35 bits per heavy atom. The van der Waals surface area contributed by atoms with Crippen molar-refractivity contribution in [2.24, 2.45) is 11.1 Å². The van der Waals surface area contributed by atoms with E-state index in [1.165, 1.54) is 0 Å². The zero-order valence-electron chi connectivity index (χ0n) is 12.9. The van der Waals surface area contributed by atoms with E-state index in [1.54, 1.807) is 24.1 Å². The maximum Gasteiger partial charge on any atom is 0.230 e. The molecule has 0 fully saturated rings. The fraction of sp³-hybridized carbons (Fsp3) is 0.562. The Bertz CT molecular complexity index is 447. The van der Waals surface area contributed by atoms with Crippen LogP contribution >= 0.6 is 0 Å². The Balaban J connectivity index is 3.02. The van der Waals surface area contributed by atoms with Crippen molar-refractivity contribution in [1.29, 1.82) is 0 Å². The van der Waals surface area contributed by atoms with E-state index in [1.807, 2.05) is 32.9 Å². The lowest BCUT2D eigenvalue weighted by molar-refractivity contribution is -0.142. The van der Waals surface area contributed by atoms with Gasteiger partial charge in [-0.3, -0.25) is 4.79 Å². The summed E-state index contributed by atoms with van der Waals surface area (Å²) in [6.07, 6.45) is 1.44. The Hall–Kier alpha value is -1.55. The molecule has 1 aromatic rings. The first-order valence-corrected chi connectivity index (χ1v) is 7.18. The number of nitrogens with two attached hydrogens (primary N) is 1. The average Bonchev–Trinajstić information content (AvgIpc) is 2.48. The van der Waals surface area contributed by atoms with Crippen LogP contribution in [0.25, 0.3) is 0 Å². The van der Waals surface area contributed by atoms with E-state index < -0.39 is 5.41 Å². The normalized spacial score (nSPS) is 13.1. The molecule has 0 bridgehead atoms. The lowest BCUT2D eigenvalue weighted by atomic mass is 9.80. The van der Waals surface area contributed by atoms with Crippen molar-refractivity contribution in [2.45, 2.75) is 39.7 Å². The molecule has 1 amide bonds. The molecule has 1 unspecified atom stereocenters. The predicted molar refractivity (Wildman–Crippen MR) is 81.4 cm³/mol. The van der Waals surface area contributed by atoms with Crippen LogP contribution < -0.4 is 5.73 Å². The average molecular weight is 278 g/mol. The number of carbonyl (C=O) groups is 1. The van der Waals surface area contributed by atoms with Crippen molar-refractivity contribution in [1.82, 2.24) is 4.90 Å². The van der Waals surface area contributed by atoms with Gasteiger partial charge in [-0.15, -0.1) is 0 Å². The predicted octanol–water partition coefficient (Wildman–Crippen LogP) is 2.68. The number of phenols is 1. The number of nitrogens with zero attached hydrogens (tertiary/aromatic N) is 1. The molecule has 0 heterocycles. The SMILES string of the molecule is CCC(CC)(CN)C(=O)N(C)C(C)c1ccccc1O. The third-order valence-corrected chi connectivity index (χ3v) is 4.49. The van der Waals surface area contributed by atoms with E-state index in [0.717, 1.165) is 18.4 Å². The Labute approximate surface area is 121 Å². The lowest BCUT2D eigenvalue weighted by Gasteiger charge is -2.36. The molecule has 0 saturated heterocycles. The van der Waals surface area contributed by atoms with Gasteiger partial charge in [0.1, 0.15) is 5.75 Å². The first kappa shape index (κ1) is 16.5. The summed E-state index contributed by atoms with van der Waals surface area (Å²) in [5.41, 5.74) is 6.08. The van der Waals surface area contributed by atoms with Gasteiger partial charge in [-0.1, -0.05) is 32.0 Å². The van der Waals surface area contributed by atoms with Crippen LogP contribution in [0.4, 0.5) is 0 Å². The standard InChI is InChI=1S/C16H26N2O2/c1-5-16(6-2,11-17)15(20)18(4)12(3)13-9-7-8-10-14(13)19/h7-10,12,19H,5-6,11,17H2,1-4H3. The quantitative estimate of drug-likeness (QED) is 0.840. The summed E-state index contributed by atoms with van der Waals surface area (Å²) in [5.74, 6) is 0.256. The van der Waals surface area contributed by atoms with Crippen LogP contribution in [0.15, 0.2) is 24.3 Å².